The van der Waals surface area contributed by atoms with Gasteiger partial charge in [-0.3, -0.25) is 14.5 Å². The number of hydrogen-bond donors (Lipinski definition) is 3. The Morgan fingerprint density at radius 1 is 1.09 bits per heavy atom. The molecule has 2 aromatic rings. The molecule has 6 heteroatoms. The molecule has 0 aromatic heterocycles. The van der Waals surface area contributed by atoms with Gasteiger partial charge in [-0.1, -0.05) is 54.6 Å². The Morgan fingerprint density at radius 3 is 2.48 bits per heavy atom. The van der Waals surface area contributed by atoms with Crippen LogP contribution in [0.4, 0.5) is 0 Å². The summed E-state index contributed by atoms with van der Waals surface area (Å²) in [7, 11) is 0. The van der Waals surface area contributed by atoms with Crippen LogP contribution in [0.25, 0.3) is 0 Å². The van der Waals surface area contributed by atoms with Crippen LogP contribution >= 0.6 is 0 Å². The second kappa shape index (κ2) is 9.65. The predicted molar refractivity (Wildman–Crippen MR) is 130 cm³/mol. The van der Waals surface area contributed by atoms with Gasteiger partial charge in [0.2, 0.25) is 11.8 Å². The topological polar surface area (TPSA) is 87.5 Å². The Labute approximate surface area is 196 Å². The molecule has 0 radical (unpaired) electrons. The Kier molecular flexibility index (Phi) is 6.86. The second-order valence-corrected chi connectivity index (χ2v) is 10.0. The fourth-order valence-electron chi connectivity index (χ4n) is 5.63. The van der Waals surface area contributed by atoms with E-state index in [1.807, 2.05) is 44.2 Å². The van der Waals surface area contributed by atoms with E-state index < -0.39 is 11.5 Å². The third-order valence-electron chi connectivity index (χ3n) is 7.15. The summed E-state index contributed by atoms with van der Waals surface area (Å²) in [5.74, 6) is -0.337. The number of nitrogens with two attached hydrogens (primary N) is 1. The number of carbonyl (C=O) groups excluding carboxylic acids is 2. The average Bonchev–Trinajstić information content (AvgIpc) is 3.14. The Balaban J connectivity index is 1.74. The van der Waals surface area contributed by atoms with Gasteiger partial charge in [0.1, 0.15) is 0 Å². The fourth-order valence-corrected chi connectivity index (χ4v) is 5.63. The molecular weight excluding hydrogens is 412 g/mol. The van der Waals surface area contributed by atoms with Crippen LogP contribution in [-0.2, 0) is 22.6 Å². The normalized spacial score (nSPS) is 25.6. The number of likely N-dealkylation sites (tertiary alicyclic amines) is 1. The molecule has 1 saturated heterocycles. The highest BCUT2D eigenvalue weighted by atomic mass is 16.2. The number of nitrogens with one attached hydrogen (secondary N) is 2. The lowest BCUT2D eigenvalue weighted by molar-refractivity contribution is -0.131. The van der Waals surface area contributed by atoms with Crippen molar-refractivity contribution in [3.05, 3.63) is 71.3 Å². The van der Waals surface area contributed by atoms with Crippen LogP contribution in [0.1, 0.15) is 49.9 Å². The second-order valence-electron chi connectivity index (χ2n) is 10.0. The van der Waals surface area contributed by atoms with Crippen molar-refractivity contribution in [2.45, 2.75) is 58.3 Å². The first-order valence-electron chi connectivity index (χ1n) is 12.0. The predicted octanol–water partition coefficient (Wildman–Crippen LogP) is 2.78. The molecule has 1 spiro atoms. The lowest BCUT2D eigenvalue weighted by atomic mass is 9.62. The van der Waals surface area contributed by atoms with Gasteiger partial charge >= 0.3 is 0 Å². The number of nitrogens with zero attached hydrogens (tertiary/aromatic N) is 1. The number of carbonyl (C=O) groups is 2. The van der Waals surface area contributed by atoms with Crippen molar-refractivity contribution >= 4 is 11.8 Å². The van der Waals surface area contributed by atoms with Gasteiger partial charge in [0, 0.05) is 31.1 Å². The summed E-state index contributed by atoms with van der Waals surface area (Å²) in [5.41, 5.74) is 9.13. The summed E-state index contributed by atoms with van der Waals surface area (Å²) < 4.78 is 0. The molecule has 1 aliphatic carbocycles. The van der Waals surface area contributed by atoms with E-state index in [2.05, 4.69) is 39.8 Å². The van der Waals surface area contributed by atoms with Crippen molar-refractivity contribution in [3.8, 4) is 0 Å². The SMILES string of the molecule is CC(C)NC(=O)[C@@H]1CN(Cc2ccccc2)C[C@]12CCc1ccccc1[C@H]2NC(=O)[C@H](C)N. The quantitative estimate of drug-likeness (QED) is 0.634. The average molecular weight is 449 g/mol. The highest BCUT2D eigenvalue weighted by Crippen LogP contribution is 2.53. The molecule has 33 heavy (non-hydrogen) atoms. The van der Waals surface area contributed by atoms with Crippen molar-refractivity contribution in [2.24, 2.45) is 17.1 Å². The third kappa shape index (κ3) is 4.82. The summed E-state index contributed by atoms with van der Waals surface area (Å²) >= 11 is 0. The smallest absolute Gasteiger partial charge is 0.237 e. The molecule has 0 saturated carbocycles. The maximum Gasteiger partial charge on any atom is 0.237 e. The van der Waals surface area contributed by atoms with Crippen LogP contribution < -0.4 is 16.4 Å². The number of hydrogen-bond acceptors (Lipinski definition) is 4. The van der Waals surface area contributed by atoms with Crippen molar-refractivity contribution in [1.29, 1.82) is 0 Å². The van der Waals surface area contributed by atoms with Gasteiger partial charge in [0.15, 0.2) is 0 Å². The molecule has 6 nitrogen and oxygen atoms in total. The molecule has 0 unspecified atom stereocenters. The highest BCUT2D eigenvalue weighted by Gasteiger charge is 2.56. The van der Waals surface area contributed by atoms with E-state index in [4.69, 9.17) is 5.73 Å². The number of amides is 2. The number of rotatable bonds is 6. The molecule has 1 aliphatic heterocycles. The van der Waals surface area contributed by atoms with E-state index in [-0.39, 0.29) is 29.8 Å². The summed E-state index contributed by atoms with van der Waals surface area (Å²) in [5, 5.41) is 6.42. The molecule has 1 fully saturated rings. The highest BCUT2D eigenvalue weighted by molar-refractivity contribution is 5.83. The molecule has 2 aliphatic rings. The van der Waals surface area contributed by atoms with Crippen LogP contribution in [0.15, 0.2) is 54.6 Å². The zero-order valence-electron chi connectivity index (χ0n) is 19.9. The minimum atomic E-state index is -0.610. The number of fused-ring (bicyclic) bond motifs is 1. The van der Waals surface area contributed by atoms with E-state index in [1.165, 1.54) is 11.1 Å². The van der Waals surface area contributed by atoms with E-state index in [0.717, 1.165) is 31.5 Å². The Hall–Kier alpha value is -2.70. The molecule has 2 amide bonds. The molecule has 176 valence electrons. The van der Waals surface area contributed by atoms with Crippen molar-refractivity contribution in [1.82, 2.24) is 15.5 Å². The van der Waals surface area contributed by atoms with E-state index >= 15 is 0 Å². The first-order chi connectivity index (χ1) is 15.8. The first-order valence-corrected chi connectivity index (χ1v) is 12.0. The zero-order valence-corrected chi connectivity index (χ0v) is 19.9. The van der Waals surface area contributed by atoms with E-state index in [1.54, 1.807) is 6.92 Å². The zero-order chi connectivity index (χ0) is 23.6. The summed E-state index contributed by atoms with van der Waals surface area (Å²) in [6, 6.07) is 17.8. The fraction of sp³-hybridized carbons (Fsp3) is 0.481. The lowest BCUT2D eigenvalue weighted by Gasteiger charge is -2.46. The van der Waals surface area contributed by atoms with Gasteiger partial charge < -0.3 is 16.4 Å². The van der Waals surface area contributed by atoms with Gasteiger partial charge in [-0.15, -0.1) is 0 Å². The minimum absolute atomic E-state index is 0.0608. The Bertz CT molecular complexity index is 991. The molecule has 4 atom stereocenters. The van der Waals surface area contributed by atoms with Crippen molar-refractivity contribution in [3.63, 3.8) is 0 Å². The first kappa shape index (κ1) is 23.5. The van der Waals surface area contributed by atoms with Crippen molar-refractivity contribution in [2.75, 3.05) is 13.1 Å². The van der Waals surface area contributed by atoms with Crippen LogP contribution in [-0.4, -0.2) is 41.9 Å². The monoisotopic (exact) mass is 448 g/mol. The summed E-state index contributed by atoms with van der Waals surface area (Å²) in [4.78, 5) is 28.7. The van der Waals surface area contributed by atoms with Crippen LogP contribution in [0.2, 0.25) is 0 Å². The van der Waals surface area contributed by atoms with E-state index in [9.17, 15) is 9.59 Å². The maximum atomic E-state index is 13.5. The largest absolute Gasteiger partial charge is 0.354 e. The summed E-state index contributed by atoms with van der Waals surface area (Å²) in [6.45, 7) is 7.88. The van der Waals surface area contributed by atoms with Gasteiger partial charge in [-0.05, 0) is 50.3 Å². The van der Waals surface area contributed by atoms with Crippen LogP contribution in [0.3, 0.4) is 0 Å². The summed E-state index contributed by atoms with van der Waals surface area (Å²) in [6.07, 6.45) is 1.74. The Morgan fingerprint density at radius 2 is 1.79 bits per heavy atom. The van der Waals surface area contributed by atoms with Gasteiger partial charge in [-0.25, -0.2) is 0 Å². The number of aryl methyl sites for hydroxylation is 1. The van der Waals surface area contributed by atoms with Gasteiger partial charge in [-0.2, -0.15) is 0 Å². The van der Waals surface area contributed by atoms with Crippen LogP contribution in [0, 0.1) is 11.3 Å². The third-order valence-corrected chi connectivity index (χ3v) is 7.15. The van der Waals surface area contributed by atoms with Crippen molar-refractivity contribution < 1.29 is 9.59 Å². The molecule has 4 rings (SSSR count). The van der Waals surface area contributed by atoms with Gasteiger partial charge in [0.25, 0.3) is 0 Å². The van der Waals surface area contributed by atoms with Gasteiger partial charge in [0.05, 0.1) is 18.0 Å². The standard InChI is InChI=1S/C27H36N4O2/c1-18(2)29-26(33)23-16-31(15-20-9-5-4-6-10-20)17-27(23)14-13-21-11-7-8-12-22(21)24(27)30-25(32)19(3)28/h4-12,18-19,23-24H,13-17,28H2,1-3H3,(H,29,33)(H,30,32)/t19-,23-,24+,27+/m0/s1. The molecule has 2 aromatic carbocycles. The molecular formula is C27H36N4O2. The molecule has 0 bridgehead atoms. The van der Waals surface area contributed by atoms with Crippen LogP contribution in [0.5, 0.6) is 0 Å². The van der Waals surface area contributed by atoms with E-state index in [0.29, 0.717) is 6.54 Å². The number of benzene rings is 2. The lowest BCUT2D eigenvalue weighted by Crippen LogP contribution is -2.54. The minimum Gasteiger partial charge on any atom is -0.354 e. The maximum absolute atomic E-state index is 13.5. The molecule has 4 N–H and O–H groups in total. The molecule has 1 heterocycles.